The van der Waals surface area contributed by atoms with E-state index in [1.165, 1.54) is 0 Å². The number of fused-ring (bicyclic) bond motifs is 1. The van der Waals surface area contributed by atoms with Gasteiger partial charge < -0.3 is 4.74 Å². The standard InChI is InChI=1S/C6H8F2O/c7-6(8)3-1-2-4-5(6)9-4/h4-5H,1-3H2/t4-,5+/m1/s1. The van der Waals surface area contributed by atoms with Gasteiger partial charge in [0.2, 0.25) is 0 Å². The molecule has 0 amide bonds. The van der Waals surface area contributed by atoms with Gasteiger partial charge in [-0.25, -0.2) is 8.78 Å². The Morgan fingerprint density at radius 3 is 2.78 bits per heavy atom. The Labute approximate surface area is 52.0 Å². The van der Waals surface area contributed by atoms with E-state index in [4.69, 9.17) is 4.74 Å². The molecule has 1 saturated heterocycles. The number of epoxide rings is 1. The van der Waals surface area contributed by atoms with Crippen molar-refractivity contribution in [1.82, 2.24) is 0 Å². The van der Waals surface area contributed by atoms with Crippen LogP contribution in [-0.4, -0.2) is 18.1 Å². The van der Waals surface area contributed by atoms with Crippen LogP contribution in [0.15, 0.2) is 0 Å². The van der Waals surface area contributed by atoms with Crippen LogP contribution in [0.4, 0.5) is 8.78 Å². The van der Waals surface area contributed by atoms with Crippen molar-refractivity contribution in [3.8, 4) is 0 Å². The van der Waals surface area contributed by atoms with Crippen molar-refractivity contribution in [3.05, 3.63) is 0 Å². The smallest absolute Gasteiger partial charge is 0.276 e. The van der Waals surface area contributed by atoms with Gasteiger partial charge in [0.1, 0.15) is 6.10 Å². The predicted octanol–water partition coefficient (Wildman–Crippen LogP) is 1.57. The minimum Gasteiger partial charge on any atom is -0.363 e. The molecular weight excluding hydrogens is 126 g/mol. The second-order valence-corrected chi connectivity index (χ2v) is 2.75. The maximum Gasteiger partial charge on any atom is 0.276 e. The summed E-state index contributed by atoms with van der Waals surface area (Å²) in [6.45, 7) is 0. The molecule has 0 N–H and O–H groups in total. The van der Waals surface area contributed by atoms with E-state index in [2.05, 4.69) is 0 Å². The SMILES string of the molecule is FC1(F)CCC[C@H]2O[C@@H]21. The van der Waals surface area contributed by atoms with Gasteiger partial charge in [-0.3, -0.25) is 0 Å². The summed E-state index contributed by atoms with van der Waals surface area (Å²) in [5, 5.41) is 0. The van der Waals surface area contributed by atoms with E-state index in [0.717, 1.165) is 6.42 Å². The first-order valence-electron chi connectivity index (χ1n) is 3.23. The Hall–Kier alpha value is -0.180. The third-order valence-corrected chi connectivity index (χ3v) is 2.00. The first-order valence-corrected chi connectivity index (χ1v) is 3.23. The molecule has 9 heavy (non-hydrogen) atoms. The van der Waals surface area contributed by atoms with E-state index >= 15 is 0 Å². The second-order valence-electron chi connectivity index (χ2n) is 2.75. The third kappa shape index (κ3) is 0.748. The van der Waals surface area contributed by atoms with E-state index in [1.54, 1.807) is 0 Å². The first kappa shape index (κ1) is 5.59. The highest BCUT2D eigenvalue weighted by Crippen LogP contribution is 2.46. The Morgan fingerprint density at radius 1 is 1.44 bits per heavy atom. The molecule has 3 heteroatoms. The summed E-state index contributed by atoms with van der Waals surface area (Å²) in [5.74, 6) is -2.51. The molecule has 2 rings (SSSR count). The fourth-order valence-electron chi connectivity index (χ4n) is 1.42. The summed E-state index contributed by atoms with van der Waals surface area (Å²) in [5.41, 5.74) is 0. The molecule has 1 heterocycles. The average Bonchev–Trinajstić information content (AvgIpc) is 2.43. The van der Waals surface area contributed by atoms with Crippen LogP contribution in [0.5, 0.6) is 0 Å². The summed E-state index contributed by atoms with van der Waals surface area (Å²) in [7, 11) is 0. The summed E-state index contributed by atoms with van der Waals surface area (Å²) in [6, 6.07) is 0. The van der Waals surface area contributed by atoms with Crippen LogP contribution in [0.25, 0.3) is 0 Å². The normalized spacial score (nSPS) is 46.0. The highest BCUT2D eigenvalue weighted by atomic mass is 19.3. The van der Waals surface area contributed by atoms with Gasteiger partial charge in [0, 0.05) is 6.42 Å². The zero-order chi connectivity index (χ0) is 6.48. The topological polar surface area (TPSA) is 12.5 Å². The van der Waals surface area contributed by atoms with Gasteiger partial charge in [0.15, 0.2) is 0 Å². The molecule has 1 saturated carbocycles. The second kappa shape index (κ2) is 1.45. The van der Waals surface area contributed by atoms with Crippen molar-refractivity contribution >= 4 is 0 Å². The van der Waals surface area contributed by atoms with Crippen LogP contribution in [0.2, 0.25) is 0 Å². The van der Waals surface area contributed by atoms with Gasteiger partial charge in [-0.1, -0.05) is 0 Å². The highest BCUT2D eigenvalue weighted by Gasteiger charge is 2.58. The van der Waals surface area contributed by atoms with Crippen LogP contribution >= 0.6 is 0 Å². The lowest BCUT2D eigenvalue weighted by molar-refractivity contribution is -0.0384. The van der Waals surface area contributed by atoms with E-state index in [1.807, 2.05) is 0 Å². The minimum absolute atomic E-state index is 0.0220. The molecule has 1 nitrogen and oxygen atoms in total. The van der Waals surface area contributed by atoms with Crippen LogP contribution in [0, 0.1) is 0 Å². The van der Waals surface area contributed by atoms with E-state index in [0.29, 0.717) is 6.42 Å². The van der Waals surface area contributed by atoms with Gasteiger partial charge in [0.05, 0.1) is 6.10 Å². The Balaban J connectivity index is 2.09. The van der Waals surface area contributed by atoms with Crippen molar-refractivity contribution in [1.29, 1.82) is 0 Å². The molecule has 0 aromatic carbocycles. The largest absolute Gasteiger partial charge is 0.363 e. The number of hydrogen-bond acceptors (Lipinski definition) is 1. The van der Waals surface area contributed by atoms with E-state index in [-0.39, 0.29) is 12.5 Å². The van der Waals surface area contributed by atoms with Crippen LogP contribution in [0.3, 0.4) is 0 Å². The monoisotopic (exact) mass is 134 g/mol. The maximum absolute atomic E-state index is 12.5. The highest BCUT2D eigenvalue weighted by molar-refractivity contribution is 4.99. The van der Waals surface area contributed by atoms with Gasteiger partial charge in [0.25, 0.3) is 5.92 Å². The van der Waals surface area contributed by atoms with Gasteiger partial charge >= 0.3 is 0 Å². The van der Waals surface area contributed by atoms with Crippen molar-refractivity contribution in [3.63, 3.8) is 0 Å². The maximum atomic E-state index is 12.5. The molecule has 52 valence electrons. The van der Waals surface area contributed by atoms with E-state index < -0.39 is 12.0 Å². The van der Waals surface area contributed by atoms with Crippen molar-refractivity contribution in [2.24, 2.45) is 0 Å². The summed E-state index contributed by atoms with van der Waals surface area (Å²) < 4.78 is 29.8. The quantitative estimate of drug-likeness (QED) is 0.458. The molecule has 0 unspecified atom stereocenters. The molecule has 2 aliphatic rings. The van der Waals surface area contributed by atoms with Crippen molar-refractivity contribution in [2.45, 2.75) is 37.4 Å². The molecule has 1 aliphatic carbocycles. The summed E-state index contributed by atoms with van der Waals surface area (Å²) >= 11 is 0. The number of hydrogen-bond donors (Lipinski definition) is 0. The lowest BCUT2D eigenvalue weighted by atomic mass is 9.97. The number of rotatable bonds is 0. The van der Waals surface area contributed by atoms with Crippen LogP contribution in [0.1, 0.15) is 19.3 Å². The lowest BCUT2D eigenvalue weighted by Gasteiger charge is -2.16. The molecule has 2 fully saturated rings. The minimum atomic E-state index is -2.51. The molecule has 1 aliphatic heterocycles. The van der Waals surface area contributed by atoms with Gasteiger partial charge in [-0.05, 0) is 12.8 Å². The molecule has 0 bridgehead atoms. The fraction of sp³-hybridized carbons (Fsp3) is 1.00. The van der Waals surface area contributed by atoms with Crippen LogP contribution < -0.4 is 0 Å². The van der Waals surface area contributed by atoms with Crippen molar-refractivity contribution in [2.75, 3.05) is 0 Å². The summed E-state index contributed by atoms with van der Waals surface area (Å²) in [4.78, 5) is 0. The number of alkyl halides is 2. The number of halogens is 2. The first-order chi connectivity index (χ1) is 4.20. The zero-order valence-corrected chi connectivity index (χ0v) is 4.94. The molecule has 2 atom stereocenters. The van der Waals surface area contributed by atoms with Crippen molar-refractivity contribution < 1.29 is 13.5 Å². The summed E-state index contributed by atoms with van der Waals surface area (Å²) in [6.07, 6.45) is 0.655. The van der Waals surface area contributed by atoms with Gasteiger partial charge in [-0.15, -0.1) is 0 Å². The van der Waals surface area contributed by atoms with Crippen LogP contribution in [-0.2, 0) is 4.74 Å². The molecular formula is C6H8F2O. The molecule has 0 radical (unpaired) electrons. The van der Waals surface area contributed by atoms with E-state index in [9.17, 15) is 8.78 Å². The Morgan fingerprint density at radius 2 is 2.22 bits per heavy atom. The molecule has 0 aromatic heterocycles. The Bertz CT molecular complexity index is 135. The number of ether oxygens (including phenoxy) is 1. The fourth-order valence-corrected chi connectivity index (χ4v) is 1.42. The predicted molar refractivity (Wildman–Crippen MR) is 27.5 cm³/mol. The zero-order valence-electron chi connectivity index (χ0n) is 4.94. The van der Waals surface area contributed by atoms with Gasteiger partial charge in [-0.2, -0.15) is 0 Å². The third-order valence-electron chi connectivity index (χ3n) is 2.00. The molecule has 0 aromatic rings. The molecule has 0 spiro atoms. The average molecular weight is 134 g/mol. The lowest BCUT2D eigenvalue weighted by Crippen LogP contribution is -2.28. The Kier molecular flexibility index (Phi) is 0.903.